The molecule has 0 unspecified atom stereocenters. The molecule has 1 aromatic carbocycles. The topological polar surface area (TPSA) is 46.6 Å². The highest BCUT2D eigenvalue weighted by Gasteiger charge is 2.25. The summed E-state index contributed by atoms with van der Waals surface area (Å²) in [6.07, 6.45) is 2.80. The summed E-state index contributed by atoms with van der Waals surface area (Å²) in [4.78, 5) is 25.5. The third kappa shape index (κ3) is 3.83. The van der Waals surface area contributed by atoms with Gasteiger partial charge >= 0.3 is 5.97 Å². The molecule has 1 aromatic rings. The van der Waals surface area contributed by atoms with Gasteiger partial charge in [0.1, 0.15) is 5.75 Å². The molecule has 0 aromatic heterocycles. The molecule has 4 nitrogen and oxygen atoms in total. The molecule has 1 aliphatic rings. The Morgan fingerprint density at radius 2 is 2.20 bits per heavy atom. The second-order valence-electron chi connectivity index (χ2n) is 5.39. The fraction of sp³-hybridized carbons (Fsp3) is 0.500. The number of hydrogen-bond acceptors (Lipinski definition) is 3. The van der Waals surface area contributed by atoms with Gasteiger partial charge in [0.25, 0.3) is 0 Å². The largest absolute Gasteiger partial charge is 0.426 e. The highest BCUT2D eigenvalue weighted by Crippen LogP contribution is 2.17. The van der Waals surface area contributed by atoms with E-state index >= 15 is 0 Å². The highest BCUT2D eigenvalue weighted by molar-refractivity contribution is 5.79. The van der Waals surface area contributed by atoms with Crippen molar-refractivity contribution in [2.75, 3.05) is 6.54 Å². The normalized spacial score (nSPS) is 16.9. The highest BCUT2D eigenvalue weighted by atomic mass is 16.5. The van der Waals surface area contributed by atoms with Crippen LogP contribution in [0.4, 0.5) is 0 Å². The van der Waals surface area contributed by atoms with E-state index in [1.807, 2.05) is 32.0 Å². The monoisotopic (exact) mass is 275 g/mol. The lowest BCUT2D eigenvalue weighted by molar-refractivity contribution is -0.139. The molecule has 1 aliphatic heterocycles. The number of ether oxygens (including phenoxy) is 1. The predicted octanol–water partition coefficient (Wildman–Crippen LogP) is 2.69. The Kier molecular flexibility index (Phi) is 4.77. The van der Waals surface area contributed by atoms with Crippen molar-refractivity contribution in [3.63, 3.8) is 0 Å². The zero-order valence-electron chi connectivity index (χ0n) is 12.1. The van der Waals surface area contributed by atoms with Crippen LogP contribution in [-0.4, -0.2) is 29.4 Å². The zero-order chi connectivity index (χ0) is 14.5. The molecular weight excluding hydrogens is 254 g/mol. The number of carbonyl (C=O) groups excluding carboxylic acids is 2. The lowest BCUT2D eigenvalue weighted by atomic mass is 10.1. The van der Waals surface area contributed by atoms with E-state index in [0.717, 1.165) is 24.9 Å². The number of rotatable bonds is 4. The van der Waals surface area contributed by atoms with Gasteiger partial charge in [-0.2, -0.15) is 0 Å². The maximum atomic E-state index is 11.9. The molecule has 1 atom stereocenters. The molecule has 108 valence electrons. The maximum absolute atomic E-state index is 11.9. The number of carbonyl (C=O) groups is 2. The van der Waals surface area contributed by atoms with E-state index in [1.54, 1.807) is 11.0 Å². The molecule has 1 heterocycles. The number of esters is 1. The molecule has 2 rings (SSSR count). The number of piperidine rings is 1. The van der Waals surface area contributed by atoms with Gasteiger partial charge in [-0.3, -0.25) is 9.59 Å². The molecule has 1 saturated heterocycles. The molecule has 20 heavy (non-hydrogen) atoms. The first kappa shape index (κ1) is 14.6. The van der Waals surface area contributed by atoms with Crippen molar-refractivity contribution in [3.05, 3.63) is 29.8 Å². The molecule has 0 saturated carbocycles. The summed E-state index contributed by atoms with van der Waals surface area (Å²) < 4.78 is 5.32. The summed E-state index contributed by atoms with van der Waals surface area (Å²) in [6, 6.07) is 7.30. The van der Waals surface area contributed by atoms with Gasteiger partial charge in [0.15, 0.2) is 0 Å². The maximum Gasteiger partial charge on any atom is 0.313 e. The molecule has 0 radical (unpaired) electrons. The summed E-state index contributed by atoms with van der Waals surface area (Å²) in [6.45, 7) is 4.60. The smallest absolute Gasteiger partial charge is 0.313 e. The van der Waals surface area contributed by atoms with E-state index in [2.05, 4.69) is 0 Å². The van der Waals surface area contributed by atoms with Crippen molar-refractivity contribution < 1.29 is 14.3 Å². The molecule has 0 aliphatic carbocycles. The zero-order valence-corrected chi connectivity index (χ0v) is 12.1. The third-order valence-corrected chi connectivity index (χ3v) is 3.58. The lowest BCUT2D eigenvalue weighted by Crippen LogP contribution is -2.43. The molecule has 0 spiro atoms. The minimum Gasteiger partial charge on any atom is -0.426 e. The number of hydrogen-bond donors (Lipinski definition) is 0. The van der Waals surface area contributed by atoms with E-state index in [1.165, 1.54) is 0 Å². The van der Waals surface area contributed by atoms with E-state index < -0.39 is 0 Å². The first-order valence-corrected chi connectivity index (χ1v) is 7.13. The van der Waals surface area contributed by atoms with Gasteiger partial charge in [-0.1, -0.05) is 12.1 Å². The predicted molar refractivity (Wildman–Crippen MR) is 76.5 cm³/mol. The van der Waals surface area contributed by atoms with E-state index in [9.17, 15) is 9.59 Å². The van der Waals surface area contributed by atoms with Gasteiger partial charge in [0, 0.05) is 19.0 Å². The minimum absolute atomic E-state index is 0.0971. The van der Waals surface area contributed by atoms with E-state index in [-0.39, 0.29) is 24.3 Å². The Morgan fingerprint density at radius 3 is 2.90 bits per heavy atom. The van der Waals surface area contributed by atoms with Gasteiger partial charge in [-0.05, 0) is 44.4 Å². The van der Waals surface area contributed by atoms with Crippen LogP contribution in [0.3, 0.4) is 0 Å². The second-order valence-corrected chi connectivity index (χ2v) is 5.39. The lowest BCUT2D eigenvalue weighted by Gasteiger charge is -2.32. The van der Waals surface area contributed by atoms with Gasteiger partial charge in [-0.25, -0.2) is 0 Å². The van der Waals surface area contributed by atoms with Crippen molar-refractivity contribution in [3.8, 4) is 5.75 Å². The van der Waals surface area contributed by atoms with Crippen LogP contribution >= 0.6 is 0 Å². The first-order chi connectivity index (χ1) is 9.56. The Balaban J connectivity index is 1.89. The van der Waals surface area contributed by atoms with Crippen molar-refractivity contribution in [2.24, 2.45) is 0 Å². The minimum atomic E-state index is -0.290. The van der Waals surface area contributed by atoms with Crippen molar-refractivity contribution in [1.82, 2.24) is 4.90 Å². The number of benzene rings is 1. The number of nitrogens with zero attached hydrogens (tertiary/aromatic N) is 1. The summed E-state index contributed by atoms with van der Waals surface area (Å²) >= 11 is 0. The molecule has 1 amide bonds. The van der Waals surface area contributed by atoms with Crippen LogP contribution in [-0.2, 0) is 9.59 Å². The van der Waals surface area contributed by atoms with Crippen LogP contribution in [0.15, 0.2) is 24.3 Å². The van der Waals surface area contributed by atoms with Gasteiger partial charge in [0.05, 0.1) is 6.42 Å². The van der Waals surface area contributed by atoms with Crippen molar-refractivity contribution >= 4 is 11.9 Å². The van der Waals surface area contributed by atoms with Crippen LogP contribution in [0.5, 0.6) is 5.75 Å². The average Bonchev–Trinajstić information content (AvgIpc) is 2.38. The fourth-order valence-corrected chi connectivity index (χ4v) is 2.50. The Hall–Kier alpha value is -1.84. The Morgan fingerprint density at radius 1 is 1.40 bits per heavy atom. The van der Waals surface area contributed by atoms with Crippen LogP contribution in [0.2, 0.25) is 0 Å². The third-order valence-electron chi connectivity index (χ3n) is 3.58. The summed E-state index contributed by atoms with van der Waals surface area (Å²) in [7, 11) is 0. The molecule has 0 N–H and O–H groups in total. The molecular formula is C16H21NO3. The Labute approximate surface area is 119 Å². The number of aryl methyl sites for hydroxylation is 1. The van der Waals surface area contributed by atoms with Gasteiger partial charge < -0.3 is 9.64 Å². The van der Waals surface area contributed by atoms with Crippen LogP contribution < -0.4 is 4.74 Å². The standard InChI is InChI=1S/C16H21NO3/c1-12-6-5-7-14(10-12)20-16(19)11-13(2)17-9-4-3-8-15(17)18/h5-7,10,13H,3-4,8-9,11H2,1-2H3/t13-/m1/s1. The summed E-state index contributed by atoms with van der Waals surface area (Å²) in [5.41, 5.74) is 1.05. The molecule has 0 bridgehead atoms. The SMILES string of the molecule is Cc1cccc(OC(=O)C[C@@H](C)N2CCCCC2=O)c1. The number of amides is 1. The summed E-state index contributed by atoms with van der Waals surface area (Å²) in [5, 5.41) is 0. The summed E-state index contributed by atoms with van der Waals surface area (Å²) in [5.74, 6) is 0.417. The van der Waals surface area contributed by atoms with Gasteiger partial charge in [-0.15, -0.1) is 0 Å². The quantitative estimate of drug-likeness (QED) is 0.627. The number of likely N-dealkylation sites (tertiary alicyclic amines) is 1. The molecule has 4 heteroatoms. The van der Waals surface area contributed by atoms with Gasteiger partial charge in [0.2, 0.25) is 5.91 Å². The average molecular weight is 275 g/mol. The van der Waals surface area contributed by atoms with Crippen molar-refractivity contribution in [2.45, 2.75) is 45.6 Å². The van der Waals surface area contributed by atoms with Crippen LogP contribution in [0, 0.1) is 6.92 Å². The second kappa shape index (κ2) is 6.55. The van der Waals surface area contributed by atoms with Crippen LogP contribution in [0.25, 0.3) is 0 Å². The van der Waals surface area contributed by atoms with E-state index in [0.29, 0.717) is 12.2 Å². The van der Waals surface area contributed by atoms with Crippen LogP contribution in [0.1, 0.15) is 38.2 Å². The van der Waals surface area contributed by atoms with Crippen molar-refractivity contribution in [1.29, 1.82) is 0 Å². The first-order valence-electron chi connectivity index (χ1n) is 7.13. The van der Waals surface area contributed by atoms with E-state index in [4.69, 9.17) is 4.74 Å². The molecule has 1 fully saturated rings. The Bertz CT molecular complexity index is 498. The fourth-order valence-electron chi connectivity index (χ4n) is 2.50.